The molecule has 1 N–H and O–H groups in total. The Morgan fingerprint density at radius 1 is 0.927 bits per heavy atom. The van der Waals surface area contributed by atoms with E-state index in [9.17, 15) is 18.0 Å². The Kier molecular flexibility index (Phi) is 10.8. The van der Waals surface area contributed by atoms with Gasteiger partial charge in [-0.1, -0.05) is 55.0 Å². The van der Waals surface area contributed by atoms with Crippen LogP contribution in [0.3, 0.4) is 0 Å². The van der Waals surface area contributed by atoms with E-state index < -0.39 is 28.5 Å². The zero-order valence-electron chi connectivity index (χ0n) is 24.5. The number of nitrogens with one attached hydrogen (secondary N) is 1. The fraction of sp³-hybridized carbons (Fsp3) is 0.355. The van der Waals surface area contributed by atoms with Gasteiger partial charge in [-0.25, -0.2) is 8.42 Å². The van der Waals surface area contributed by atoms with Gasteiger partial charge in [0, 0.05) is 18.7 Å². The summed E-state index contributed by atoms with van der Waals surface area (Å²) in [5, 5.41) is 2.90. The number of anilines is 1. The van der Waals surface area contributed by atoms with E-state index in [0.717, 1.165) is 15.4 Å². The molecule has 0 aromatic heterocycles. The summed E-state index contributed by atoms with van der Waals surface area (Å²) in [7, 11) is -1.35. The second kappa shape index (κ2) is 14.0. The van der Waals surface area contributed by atoms with E-state index in [4.69, 9.17) is 9.47 Å². The fourth-order valence-corrected chi connectivity index (χ4v) is 5.97. The quantitative estimate of drug-likeness (QED) is 0.318. The molecule has 0 spiro atoms. The molecule has 0 aliphatic heterocycles. The Hall–Kier alpha value is -4.05. The van der Waals surface area contributed by atoms with Crippen LogP contribution in [0.2, 0.25) is 0 Å². The number of benzene rings is 3. The van der Waals surface area contributed by atoms with Crippen molar-refractivity contribution in [2.75, 3.05) is 25.1 Å². The first-order chi connectivity index (χ1) is 19.5. The monoisotopic (exact) mass is 581 g/mol. The van der Waals surface area contributed by atoms with Gasteiger partial charge in [0.1, 0.15) is 24.1 Å². The highest BCUT2D eigenvalue weighted by atomic mass is 32.2. The summed E-state index contributed by atoms with van der Waals surface area (Å²) in [6.45, 7) is 7.02. The normalized spacial score (nSPS) is 12.0. The minimum Gasteiger partial charge on any atom is -0.497 e. The second-order valence-corrected chi connectivity index (χ2v) is 11.8. The maximum Gasteiger partial charge on any atom is 0.264 e. The third kappa shape index (κ3) is 7.79. The summed E-state index contributed by atoms with van der Waals surface area (Å²) in [5.41, 5.74) is 1.97. The van der Waals surface area contributed by atoms with Crippen LogP contribution in [0.15, 0.2) is 77.7 Å². The Morgan fingerprint density at radius 2 is 1.63 bits per heavy atom. The van der Waals surface area contributed by atoms with Gasteiger partial charge in [-0.05, 0) is 57.0 Å². The fourth-order valence-electron chi connectivity index (χ4n) is 4.53. The number of aryl methyl sites for hydroxylation is 1. The van der Waals surface area contributed by atoms with Crippen molar-refractivity contribution in [3.05, 3.63) is 83.9 Å². The minimum atomic E-state index is -4.24. The van der Waals surface area contributed by atoms with E-state index in [2.05, 4.69) is 5.32 Å². The van der Waals surface area contributed by atoms with E-state index in [1.54, 1.807) is 30.3 Å². The molecule has 220 valence electrons. The summed E-state index contributed by atoms with van der Waals surface area (Å²) in [6.07, 6.45) is 0.337. The van der Waals surface area contributed by atoms with Gasteiger partial charge in [0.25, 0.3) is 10.0 Å². The number of carbonyl (C=O) groups excluding carboxylic acids is 2. The molecule has 0 aliphatic rings. The molecule has 41 heavy (non-hydrogen) atoms. The summed E-state index contributed by atoms with van der Waals surface area (Å²) in [6, 6.07) is 19.3. The van der Waals surface area contributed by atoms with Crippen molar-refractivity contribution in [3.63, 3.8) is 0 Å². The molecule has 3 rings (SSSR count). The molecule has 0 fully saturated rings. The molecule has 9 nitrogen and oxygen atoms in total. The largest absolute Gasteiger partial charge is 0.497 e. The highest BCUT2D eigenvalue weighted by Gasteiger charge is 2.35. The van der Waals surface area contributed by atoms with Crippen LogP contribution in [0.5, 0.6) is 11.5 Å². The predicted molar refractivity (Wildman–Crippen MR) is 160 cm³/mol. The molecule has 0 heterocycles. The number of ether oxygens (including phenoxy) is 2. The van der Waals surface area contributed by atoms with Gasteiger partial charge in [0.2, 0.25) is 11.8 Å². The molecule has 1 unspecified atom stereocenters. The molecular weight excluding hydrogens is 542 g/mol. The lowest BCUT2D eigenvalue weighted by molar-refractivity contribution is -0.140. The third-order valence-electron chi connectivity index (χ3n) is 6.52. The molecule has 0 radical (unpaired) electrons. The van der Waals surface area contributed by atoms with E-state index in [-0.39, 0.29) is 34.8 Å². The SMILES string of the molecule is CCC(C(=O)NC(C)C)N(Cc1cccc(C)c1)C(=O)CN(c1cc(OC)ccc1OC)S(=O)(=O)c1ccccc1. The Morgan fingerprint density at radius 3 is 2.22 bits per heavy atom. The minimum absolute atomic E-state index is 0.00694. The van der Waals surface area contributed by atoms with Crippen LogP contribution in [0.1, 0.15) is 38.3 Å². The predicted octanol–water partition coefficient (Wildman–Crippen LogP) is 4.54. The van der Waals surface area contributed by atoms with Crippen LogP contribution in [0.4, 0.5) is 5.69 Å². The smallest absolute Gasteiger partial charge is 0.264 e. The van der Waals surface area contributed by atoms with Crippen molar-refractivity contribution in [1.29, 1.82) is 0 Å². The van der Waals surface area contributed by atoms with Crippen molar-refractivity contribution in [2.24, 2.45) is 0 Å². The molecule has 0 saturated heterocycles. The maximum absolute atomic E-state index is 14.2. The summed E-state index contributed by atoms with van der Waals surface area (Å²) >= 11 is 0. The second-order valence-electron chi connectivity index (χ2n) is 9.96. The van der Waals surface area contributed by atoms with Gasteiger partial charge in [-0.3, -0.25) is 13.9 Å². The zero-order chi connectivity index (χ0) is 30.2. The number of rotatable bonds is 13. The third-order valence-corrected chi connectivity index (χ3v) is 8.29. The van der Waals surface area contributed by atoms with E-state index in [1.807, 2.05) is 52.0 Å². The molecule has 3 aromatic rings. The maximum atomic E-state index is 14.2. The average molecular weight is 582 g/mol. The summed E-state index contributed by atoms with van der Waals surface area (Å²) in [5.74, 6) is -0.213. The number of hydrogen-bond acceptors (Lipinski definition) is 6. The number of hydrogen-bond donors (Lipinski definition) is 1. The lowest BCUT2D eigenvalue weighted by atomic mass is 10.1. The molecular formula is C31H39N3O6S. The van der Waals surface area contributed by atoms with Gasteiger partial charge >= 0.3 is 0 Å². The van der Waals surface area contributed by atoms with Crippen LogP contribution >= 0.6 is 0 Å². The van der Waals surface area contributed by atoms with E-state index in [1.165, 1.54) is 37.3 Å². The number of nitrogens with zero attached hydrogens (tertiary/aromatic N) is 2. The van der Waals surface area contributed by atoms with Crippen molar-refractivity contribution in [1.82, 2.24) is 10.2 Å². The van der Waals surface area contributed by atoms with Gasteiger partial charge in [0.15, 0.2) is 0 Å². The van der Waals surface area contributed by atoms with Gasteiger partial charge in [0.05, 0.1) is 24.8 Å². The van der Waals surface area contributed by atoms with Gasteiger partial charge < -0.3 is 19.7 Å². The first-order valence-electron chi connectivity index (χ1n) is 13.5. The lowest BCUT2D eigenvalue weighted by Gasteiger charge is -2.34. The Balaban J connectivity index is 2.14. The molecule has 0 aliphatic carbocycles. The van der Waals surface area contributed by atoms with Crippen LogP contribution < -0.4 is 19.1 Å². The topological polar surface area (TPSA) is 105 Å². The number of carbonyl (C=O) groups is 2. The molecule has 0 saturated carbocycles. The summed E-state index contributed by atoms with van der Waals surface area (Å²) < 4.78 is 40.0. The molecule has 1 atom stereocenters. The van der Waals surface area contributed by atoms with Crippen LogP contribution in [0, 0.1) is 6.92 Å². The van der Waals surface area contributed by atoms with Gasteiger partial charge in [-0.15, -0.1) is 0 Å². The molecule has 0 bridgehead atoms. The van der Waals surface area contributed by atoms with Crippen LogP contribution in [-0.2, 0) is 26.2 Å². The Bertz CT molecular complexity index is 1440. The van der Waals surface area contributed by atoms with Crippen molar-refractivity contribution >= 4 is 27.5 Å². The molecule has 2 amide bonds. The molecule has 10 heteroatoms. The number of amides is 2. The lowest BCUT2D eigenvalue weighted by Crippen LogP contribution is -2.53. The van der Waals surface area contributed by atoms with Gasteiger partial charge in [-0.2, -0.15) is 0 Å². The summed E-state index contributed by atoms with van der Waals surface area (Å²) in [4.78, 5) is 28.9. The zero-order valence-corrected chi connectivity index (χ0v) is 25.3. The van der Waals surface area contributed by atoms with Crippen molar-refractivity contribution in [2.45, 2.75) is 57.6 Å². The first-order valence-corrected chi connectivity index (χ1v) is 14.9. The average Bonchev–Trinajstić information content (AvgIpc) is 2.95. The van der Waals surface area contributed by atoms with Crippen molar-refractivity contribution in [3.8, 4) is 11.5 Å². The van der Waals surface area contributed by atoms with E-state index in [0.29, 0.717) is 12.2 Å². The highest BCUT2D eigenvalue weighted by molar-refractivity contribution is 7.92. The van der Waals surface area contributed by atoms with Crippen LogP contribution in [0.25, 0.3) is 0 Å². The van der Waals surface area contributed by atoms with Crippen molar-refractivity contribution < 1.29 is 27.5 Å². The standard InChI is InChI=1S/C31H39N3O6S/c1-7-27(31(36)32-22(2)3)33(20-24-13-11-12-23(4)18-24)30(35)21-34(41(37,38)26-14-9-8-10-15-26)28-19-25(39-5)16-17-29(28)40-6/h8-19,22,27H,7,20-21H2,1-6H3,(H,32,36). The number of methoxy groups -OCH3 is 2. The molecule has 3 aromatic carbocycles. The Labute approximate surface area is 243 Å². The van der Waals surface area contributed by atoms with Crippen LogP contribution in [-0.4, -0.2) is 58.0 Å². The first kappa shape index (κ1) is 31.5. The number of sulfonamides is 1. The highest BCUT2D eigenvalue weighted by Crippen LogP contribution is 2.36. The van der Waals surface area contributed by atoms with E-state index >= 15 is 0 Å².